The van der Waals surface area contributed by atoms with Crippen molar-refractivity contribution in [3.8, 4) is 0 Å². The molecule has 0 fully saturated rings. The molecule has 18 heavy (non-hydrogen) atoms. The molecule has 1 aromatic rings. The molecule has 0 aliphatic rings. The molecule has 1 rings (SSSR count). The fourth-order valence-electron chi connectivity index (χ4n) is 1.50. The molecule has 0 bridgehead atoms. The van der Waals surface area contributed by atoms with E-state index < -0.39 is 6.10 Å². The fraction of sp³-hybridized carbons (Fsp3) is 0.462. The van der Waals surface area contributed by atoms with Crippen molar-refractivity contribution >= 4 is 21.9 Å². The van der Waals surface area contributed by atoms with Crippen LogP contribution in [0.25, 0.3) is 0 Å². The van der Waals surface area contributed by atoms with Crippen LogP contribution in [0.2, 0.25) is 0 Å². The van der Waals surface area contributed by atoms with Crippen molar-refractivity contribution in [2.75, 3.05) is 13.7 Å². The lowest BCUT2D eigenvalue weighted by molar-refractivity contribution is -0.141. The summed E-state index contributed by atoms with van der Waals surface area (Å²) in [5.74, 6) is -0.292. The van der Waals surface area contributed by atoms with Crippen LogP contribution in [-0.4, -0.2) is 30.8 Å². The summed E-state index contributed by atoms with van der Waals surface area (Å²) in [6.45, 7) is 1.13. The molecule has 0 spiro atoms. The number of esters is 1. The third-order valence-corrected chi connectivity index (χ3v) is 3.34. The summed E-state index contributed by atoms with van der Waals surface area (Å²) < 4.78 is 5.56. The first kappa shape index (κ1) is 15.1. The number of halogens is 1. The van der Waals surface area contributed by atoms with Crippen molar-refractivity contribution in [2.24, 2.45) is 0 Å². The van der Waals surface area contributed by atoms with Gasteiger partial charge < -0.3 is 15.2 Å². The van der Waals surface area contributed by atoms with Crippen molar-refractivity contribution in [1.29, 1.82) is 0 Å². The van der Waals surface area contributed by atoms with Crippen LogP contribution in [0.3, 0.4) is 0 Å². The van der Waals surface area contributed by atoms with Crippen LogP contribution in [0.5, 0.6) is 0 Å². The minimum atomic E-state index is -0.536. The summed E-state index contributed by atoms with van der Waals surface area (Å²) in [5, 5.41) is 12.8. The molecule has 5 heteroatoms. The van der Waals surface area contributed by atoms with Crippen molar-refractivity contribution in [2.45, 2.75) is 25.5 Å². The zero-order valence-electron chi connectivity index (χ0n) is 10.4. The highest BCUT2D eigenvalue weighted by Gasteiger charge is 2.08. The summed E-state index contributed by atoms with van der Waals surface area (Å²) in [6, 6.07) is 7.91. The first-order chi connectivity index (χ1) is 8.63. The van der Waals surface area contributed by atoms with Gasteiger partial charge in [-0.05, 0) is 18.1 Å². The lowest BCUT2D eigenvalue weighted by atomic mass is 10.2. The van der Waals surface area contributed by atoms with Crippen molar-refractivity contribution < 1.29 is 14.6 Å². The van der Waals surface area contributed by atoms with E-state index in [1.807, 2.05) is 24.3 Å². The van der Waals surface area contributed by atoms with Crippen molar-refractivity contribution in [1.82, 2.24) is 5.32 Å². The molecule has 0 heterocycles. The minimum absolute atomic E-state index is 0.244. The van der Waals surface area contributed by atoms with E-state index in [0.29, 0.717) is 19.5 Å². The molecule has 1 aromatic carbocycles. The summed E-state index contributed by atoms with van der Waals surface area (Å²) in [4.78, 5) is 10.9. The summed E-state index contributed by atoms with van der Waals surface area (Å²) >= 11 is 3.46. The Kier molecular flexibility index (Phi) is 6.93. The van der Waals surface area contributed by atoms with Gasteiger partial charge in [0.15, 0.2) is 0 Å². The summed E-state index contributed by atoms with van der Waals surface area (Å²) in [6.07, 6.45) is 0.121. The summed E-state index contributed by atoms with van der Waals surface area (Å²) in [5.41, 5.74) is 1.14. The van der Waals surface area contributed by atoms with E-state index in [1.54, 1.807) is 0 Å². The van der Waals surface area contributed by atoms with Gasteiger partial charge in [0, 0.05) is 24.0 Å². The number of carbonyl (C=O) groups is 1. The third kappa shape index (κ3) is 5.62. The smallest absolute Gasteiger partial charge is 0.305 e. The van der Waals surface area contributed by atoms with Crippen LogP contribution in [0, 0.1) is 0 Å². The van der Waals surface area contributed by atoms with Gasteiger partial charge in [0.25, 0.3) is 0 Å². The Balaban J connectivity index is 2.21. The molecule has 0 saturated carbocycles. The topological polar surface area (TPSA) is 58.6 Å². The van der Waals surface area contributed by atoms with Crippen LogP contribution in [0.15, 0.2) is 28.7 Å². The molecule has 0 saturated heterocycles. The maximum absolute atomic E-state index is 10.9. The lowest BCUT2D eigenvalue weighted by Gasteiger charge is -2.11. The minimum Gasteiger partial charge on any atom is -0.469 e. The summed E-state index contributed by atoms with van der Waals surface area (Å²) in [7, 11) is 1.35. The van der Waals surface area contributed by atoms with Crippen LogP contribution >= 0.6 is 15.9 Å². The molecule has 0 aliphatic carbocycles. The second kappa shape index (κ2) is 8.24. The largest absolute Gasteiger partial charge is 0.469 e. The molecule has 1 unspecified atom stereocenters. The van der Waals surface area contributed by atoms with E-state index in [-0.39, 0.29) is 12.4 Å². The number of hydrogen-bond acceptors (Lipinski definition) is 4. The lowest BCUT2D eigenvalue weighted by Crippen LogP contribution is -2.27. The molecular weight excluding hydrogens is 298 g/mol. The monoisotopic (exact) mass is 315 g/mol. The van der Waals surface area contributed by atoms with Crippen LogP contribution < -0.4 is 5.32 Å². The first-order valence-electron chi connectivity index (χ1n) is 5.82. The van der Waals surface area contributed by atoms with Gasteiger partial charge in [-0.2, -0.15) is 0 Å². The third-order valence-electron chi connectivity index (χ3n) is 2.56. The normalized spacial score (nSPS) is 12.2. The molecular formula is C13H18BrNO3. The van der Waals surface area contributed by atoms with Gasteiger partial charge in [-0.3, -0.25) is 4.79 Å². The Bertz CT molecular complexity index is 384. The number of aliphatic hydroxyl groups is 1. The Labute approximate surface area is 115 Å². The molecule has 4 nitrogen and oxygen atoms in total. The molecule has 0 aliphatic heterocycles. The number of nitrogens with one attached hydrogen (secondary N) is 1. The van der Waals surface area contributed by atoms with E-state index in [0.717, 1.165) is 10.0 Å². The quantitative estimate of drug-likeness (QED) is 0.754. The zero-order chi connectivity index (χ0) is 13.4. The maximum atomic E-state index is 10.9. The highest BCUT2D eigenvalue weighted by Crippen LogP contribution is 2.15. The average Bonchev–Trinajstić information content (AvgIpc) is 2.38. The highest BCUT2D eigenvalue weighted by molar-refractivity contribution is 9.10. The molecule has 0 amide bonds. The number of rotatable bonds is 7. The number of methoxy groups -OCH3 is 1. The second-order valence-corrected chi connectivity index (χ2v) is 4.85. The van der Waals surface area contributed by atoms with Crippen LogP contribution in [0.4, 0.5) is 0 Å². The zero-order valence-corrected chi connectivity index (χ0v) is 11.9. The van der Waals surface area contributed by atoms with Gasteiger partial charge in [-0.1, -0.05) is 34.1 Å². The van der Waals surface area contributed by atoms with Gasteiger partial charge in [-0.25, -0.2) is 0 Å². The number of carbonyl (C=O) groups excluding carboxylic acids is 1. The van der Waals surface area contributed by atoms with E-state index in [2.05, 4.69) is 26.0 Å². The van der Waals surface area contributed by atoms with Crippen molar-refractivity contribution in [3.63, 3.8) is 0 Å². The van der Waals surface area contributed by atoms with E-state index in [4.69, 9.17) is 0 Å². The Morgan fingerprint density at radius 1 is 1.50 bits per heavy atom. The number of aliphatic hydroxyl groups excluding tert-OH is 1. The first-order valence-corrected chi connectivity index (χ1v) is 6.61. The van der Waals surface area contributed by atoms with Crippen LogP contribution in [0.1, 0.15) is 18.4 Å². The van der Waals surface area contributed by atoms with E-state index >= 15 is 0 Å². The molecule has 100 valence electrons. The van der Waals surface area contributed by atoms with E-state index in [1.165, 1.54) is 7.11 Å². The standard InChI is InChI=1S/C13H18BrNO3/c1-18-13(17)7-6-11(16)9-15-8-10-4-2-3-5-12(10)14/h2-5,11,15-16H,6-9H2,1H3. The van der Waals surface area contributed by atoms with Crippen LogP contribution in [-0.2, 0) is 16.1 Å². The molecule has 2 N–H and O–H groups in total. The van der Waals surface area contributed by atoms with Gasteiger partial charge in [0.05, 0.1) is 13.2 Å². The molecule has 0 aromatic heterocycles. The number of ether oxygens (including phenoxy) is 1. The fourth-order valence-corrected chi connectivity index (χ4v) is 1.93. The number of hydrogen-bond donors (Lipinski definition) is 2. The maximum Gasteiger partial charge on any atom is 0.305 e. The average molecular weight is 316 g/mol. The predicted molar refractivity (Wildman–Crippen MR) is 73.1 cm³/mol. The number of benzene rings is 1. The van der Waals surface area contributed by atoms with Gasteiger partial charge in [0.1, 0.15) is 0 Å². The second-order valence-electron chi connectivity index (χ2n) is 3.99. The Hall–Kier alpha value is -0.910. The predicted octanol–water partition coefficient (Wildman–Crippen LogP) is 1.85. The van der Waals surface area contributed by atoms with Gasteiger partial charge >= 0.3 is 5.97 Å². The SMILES string of the molecule is COC(=O)CCC(O)CNCc1ccccc1Br. The molecule has 1 atom stereocenters. The molecule has 0 radical (unpaired) electrons. The van der Waals surface area contributed by atoms with Crippen molar-refractivity contribution in [3.05, 3.63) is 34.3 Å². The van der Waals surface area contributed by atoms with Gasteiger partial charge in [-0.15, -0.1) is 0 Å². The van der Waals surface area contributed by atoms with Gasteiger partial charge in [0.2, 0.25) is 0 Å². The Morgan fingerprint density at radius 2 is 2.22 bits per heavy atom. The van der Waals surface area contributed by atoms with E-state index in [9.17, 15) is 9.90 Å². The Morgan fingerprint density at radius 3 is 2.89 bits per heavy atom. The highest BCUT2D eigenvalue weighted by atomic mass is 79.9.